The largest absolute Gasteiger partial charge is 0.495 e. The highest BCUT2D eigenvalue weighted by Crippen LogP contribution is 2.28. The van der Waals surface area contributed by atoms with Crippen LogP contribution in [0.25, 0.3) is 0 Å². The van der Waals surface area contributed by atoms with Gasteiger partial charge in [0.25, 0.3) is 0 Å². The number of ether oxygens (including phenoxy) is 2. The van der Waals surface area contributed by atoms with E-state index in [0.717, 1.165) is 34.1 Å². The fourth-order valence-electron chi connectivity index (χ4n) is 2.76. The van der Waals surface area contributed by atoms with Crippen LogP contribution in [0.15, 0.2) is 48.5 Å². The van der Waals surface area contributed by atoms with Crippen molar-refractivity contribution >= 4 is 23.1 Å². The van der Waals surface area contributed by atoms with Gasteiger partial charge >= 0.3 is 0 Å². The molecular weight excluding hydrogens is 352 g/mol. The van der Waals surface area contributed by atoms with Crippen molar-refractivity contribution in [3.63, 3.8) is 0 Å². The molecule has 0 bridgehead atoms. The smallest absolute Gasteiger partial charge is 0.229 e. The van der Waals surface area contributed by atoms with Crippen LogP contribution in [-0.2, 0) is 0 Å². The van der Waals surface area contributed by atoms with Gasteiger partial charge in [0, 0.05) is 17.4 Å². The zero-order chi connectivity index (χ0) is 20.1. The standard InChI is InChI=1S/C22H26N4O2/c1-14(2)28-18-9-7-17(8-10-18)24-22-23-16(4)13-21(26-22)25-19-12-15(3)6-11-20(19)27-5/h6-14H,1-5H3,(H2,23,24,25,26). The van der Waals surface area contributed by atoms with E-state index in [-0.39, 0.29) is 6.10 Å². The molecular formula is C22H26N4O2. The van der Waals surface area contributed by atoms with E-state index >= 15 is 0 Å². The number of benzene rings is 2. The van der Waals surface area contributed by atoms with Crippen LogP contribution in [0.2, 0.25) is 0 Å². The molecule has 0 amide bonds. The van der Waals surface area contributed by atoms with E-state index < -0.39 is 0 Å². The van der Waals surface area contributed by atoms with Crippen molar-refractivity contribution in [3.05, 3.63) is 59.8 Å². The summed E-state index contributed by atoms with van der Waals surface area (Å²) in [6.45, 7) is 7.98. The molecule has 1 heterocycles. The van der Waals surface area contributed by atoms with Gasteiger partial charge in [-0.25, -0.2) is 4.98 Å². The van der Waals surface area contributed by atoms with E-state index in [9.17, 15) is 0 Å². The number of rotatable bonds is 7. The molecule has 2 N–H and O–H groups in total. The summed E-state index contributed by atoms with van der Waals surface area (Å²) in [7, 11) is 1.65. The zero-order valence-electron chi connectivity index (χ0n) is 16.9. The molecule has 1 aromatic heterocycles. The first-order valence-corrected chi connectivity index (χ1v) is 9.24. The van der Waals surface area contributed by atoms with Gasteiger partial charge in [-0.2, -0.15) is 4.98 Å². The van der Waals surface area contributed by atoms with E-state index in [4.69, 9.17) is 9.47 Å². The Morgan fingerprint density at radius 2 is 1.64 bits per heavy atom. The summed E-state index contributed by atoms with van der Waals surface area (Å²) in [5, 5.41) is 6.57. The number of aryl methyl sites for hydroxylation is 2. The maximum absolute atomic E-state index is 5.67. The molecule has 0 saturated carbocycles. The molecule has 3 aromatic rings. The van der Waals surface area contributed by atoms with Gasteiger partial charge in [-0.1, -0.05) is 6.07 Å². The first kappa shape index (κ1) is 19.5. The SMILES string of the molecule is COc1ccc(C)cc1Nc1cc(C)nc(Nc2ccc(OC(C)C)cc2)n1. The van der Waals surface area contributed by atoms with Gasteiger partial charge in [-0.3, -0.25) is 0 Å². The normalized spacial score (nSPS) is 10.6. The summed E-state index contributed by atoms with van der Waals surface area (Å²) in [4.78, 5) is 9.06. The molecule has 0 radical (unpaired) electrons. The summed E-state index contributed by atoms with van der Waals surface area (Å²) in [6.07, 6.45) is 0.145. The second-order valence-electron chi connectivity index (χ2n) is 6.86. The van der Waals surface area contributed by atoms with Crippen molar-refractivity contribution in [2.24, 2.45) is 0 Å². The molecule has 6 nitrogen and oxygen atoms in total. The van der Waals surface area contributed by atoms with Crippen molar-refractivity contribution in [3.8, 4) is 11.5 Å². The van der Waals surface area contributed by atoms with E-state index in [1.807, 2.05) is 76.2 Å². The van der Waals surface area contributed by atoms with E-state index in [0.29, 0.717) is 11.8 Å². The molecule has 0 aliphatic carbocycles. The molecule has 2 aromatic carbocycles. The maximum atomic E-state index is 5.67. The molecule has 0 spiro atoms. The second kappa shape index (κ2) is 8.61. The number of anilines is 4. The summed E-state index contributed by atoms with van der Waals surface area (Å²) in [5.74, 6) is 2.81. The molecule has 0 unspecified atom stereocenters. The van der Waals surface area contributed by atoms with Crippen LogP contribution in [0, 0.1) is 13.8 Å². The fraction of sp³-hybridized carbons (Fsp3) is 0.273. The number of methoxy groups -OCH3 is 1. The Morgan fingerprint density at radius 3 is 2.32 bits per heavy atom. The minimum atomic E-state index is 0.145. The van der Waals surface area contributed by atoms with Crippen LogP contribution in [0.5, 0.6) is 11.5 Å². The number of hydrogen-bond donors (Lipinski definition) is 2. The summed E-state index contributed by atoms with van der Waals surface area (Å²) in [5.41, 5.74) is 3.74. The third-order valence-electron chi connectivity index (χ3n) is 3.95. The van der Waals surface area contributed by atoms with Gasteiger partial charge in [0.15, 0.2) is 0 Å². The molecule has 146 valence electrons. The third-order valence-corrected chi connectivity index (χ3v) is 3.95. The van der Waals surface area contributed by atoms with Gasteiger partial charge in [0.1, 0.15) is 17.3 Å². The van der Waals surface area contributed by atoms with Crippen molar-refractivity contribution in [2.45, 2.75) is 33.8 Å². The van der Waals surface area contributed by atoms with Crippen LogP contribution in [-0.4, -0.2) is 23.2 Å². The first-order valence-electron chi connectivity index (χ1n) is 9.24. The first-order chi connectivity index (χ1) is 13.4. The third kappa shape index (κ3) is 5.13. The summed E-state index contributed by atoms with van der Waals surface area (Å²) >= 11 is 0. The van der Waals surface area contributed by atoms with E-state index in [1.165, 1.54) is 0 Å². The average Bonchev–Trinajstić information content (AvgIpc) is 2.63. The Balaban J connectivity index is 1.79. The summed E-state index contributed by atoms with van der Waals surface area (Å²) in [6, 6.07) is 15.6. The number of nitrogens with zero attached hydrogens (tertiary/aromatic N) is 2. The van der Waals surface area contributed by atoms with Crippen molar-refractivity contribution in [2.75, 3.05) is 17.7 Å². The Kier molecular flexibility index (Phi) is 5.99. The fourth-order valence-corrected chi connectivity index (χ4v) is 2.76. The maximum Gasteiger partial charge on any atom is 0.229 e. The molecule has 0 aliphatic heterocycles. The Hall–Kier alpha value is -3.28. The number of hydrogen-bond acceptors (Lipinski definition) is 6. The van der Waals surface area contributed by atoms with Gasteiger partial charge in [0.05, 0.1) is 18.9 Å². The Morgan fingerprint density at radius 1 is 0.893 bits per heavy atom. The molecule has 0 atom stereocenters. The quantitative estimate of drug-likeness (QED) is 0.575. The Labute approximate surface area is 166 Å². The van der Waals surface area contributed by atoms with Gasteiger partial charge in [0.2, 0.25) is 5.95 Å². The van der Waals surface area contributed by atoms with Gasteiger partial charge < -0.3 is 20.1 Å². The van der Waals surface area contributed by atoms with Gasteiger partial charge in [-0.15, -0.1) is 0 Å². The van der Waals surface area contributed by atoms with E-state index in [2.05, 4.69) is 20.6 Å². The minimum Gasteiger partial charge on any atom is -0.495 e. The topological polar surface area (TPSA) is 68.3 Å². The Bertz CT molecular complexity index is 940. The van der Waals surface area contributed by atoms with Crippen molar-refractivity contribution < 1.29 is 9.47 Å². The highest BCUT2D eigenvalue weighted by molar-refractivity contribution is 5.66. The lowest BCUT2D eigenvalue weighted by Gasteiger charge is -2.13. The van der Waals surface area contributed by atoms with Crippen LogP contribution in [0.3, 0.4) is 0 Å². The molecule has 0 fully saturated rings. The molecule has 28 heavy (non-hydrogen) atoms. The lowest BCUT2D eigenvalue weighted by atomic mass is 10.2. The van der Waals surface area contributed by atoms with Crippen LogP contribution >= 0.6 is 0 Å². The lowest BCUT2D eigenvalue weighted by Crippen LogP contribution is -2.05. The molecule has 3 rings (SSSR count). The number of nitrogens with one attached hydrogen (secondary N) is 2. The monoisotopic (exact) mass is 378 g/mol. The van der Waals surface area contributed by atoms with Crippen LogP contribution in [0.1, 0.15) is 25.1 Å². The highest BCUT2D eigenvalue weighted by Gasteiger charge is 2.08. The van der Waals surface area contributed by atoms with Crippen LogP contribution < -0.4 is 20.1 Å². The highest BCUT2D eigenvalue weighted by atomic mass is 16.5. The lowest BCUT2D eigenvalue weighted by molar-refractivity contribution is 0.242. The zero-order valence-corrected chi connectivity index (χ0v) is 16.9. The van der Waals surface area contributed by atoms with Crippen molar-refractivity contribution in [1.29, 1.82) is 0 Å². The van der Waals surface area contributed by atoms with E-state index in [1.54, 1.807) is 7.11 Å². The van der Waals surface area contributed by atoms with Gasteiger partial charge in [-0.05, 0) is 69.7 Å². The predicted molar refractivity (Wildman–Crippen MR) is 113 cm³/mol. The number of aromatic nitrogens is 2. The molecule has 0 saturated heterocycles. The summed E-state index contributed by atoms with van der Waals surface area (Å²) < 4.78 is 11.1. The molecule has 0 aliphatic rings. The van der Waals surface area contributed by atoms with Crippen LogP contribution in [0.4, 0.5) is 23.1 Å². The van der Waals surface area contributed by atoms with Crippen molar-refractivity contribution in [1.82, 2.24) is 9.97 Å². The minimum absolute atomic E-state index is 0.145. The molecule has 6 heteroatoms. The predicted octanol–water partition coefficient (Wildman–Crippen LogP) is 5.38. The second-order valence-corrected chi connectivity index (χ2v) is 6.86. The average molecular weight is 378 g/mol.